The van der Waals surface area contributed by atoms with Crippen LogP contribution in [0.25, 0.3) is 0 Å². The van der Waals surface area contributed by atoms with Gasteiger partial charge >= 0.3 is 0 Å². The van der Waals surface area contributed by atoms with Gasteiger partial charge in [0, 0.05) is 17.2 Å². The Hall–Kier alpha value is -2.95. The molecule has 1 aliphatic rings. The van der Waals surface area contributed by atoms with Crippen molar-refractivity contribution in [2.45, 2.75) is 65.2 Å². The molecule has 5 nitrogen and oxygen atoms in total. The average Bonchev–Trinajstić information content (AvgIpc) is 2.78. The highest BCUT2D eigenvalue weighted by molar-refractivity contribution is 6.01. The van der Waals surface area contributed by atoms with E-state index in [4.69, 9.17) is 0 Å². The zero-order valence-corrected chi connectivity index (χ0v) is 19.0. The molecule has 31 heavy (non-hydrogen) atoms. The summed E-state index contributed by atoms with van der Waals surface area (Å²) in [4.78, 5) is 24.8. The van der Waals surface area contributed by atoms with Crippen molar-refractivity contribution in [2.75, 3.05) is 5.32 Å². The van der Waals surface area contributed by atoms with Gasteiger partial charge in [0.2, 0.25) is 5.91 Å². The van der Waals surface area contributed by atoms with Crippen LogP contribution in [0.3, 0.4) is 0 Å². The fourth-order valence-corrected chi connectivity index (χ4v) is 3.79. The van der Waals surface area contributed by atoms with Gasteiger partial charge in [-0.1, -0.05) is 64.3 Å². The van der Waals surface area contributed by atoms with Crippen molar-refractivity contribution in [3.63, 3.8) is 0 Å². The summed E-state index contributed by atoms with van der Waals surface area (Å²) in [5, 5.41) is 7.25. The maximum Gasteiger partial charge on any atom is 0.271 e. The Labute approximate surface area is 185 Å². The monoisotopic (exact) mass is 419 g/mol. The van der Waals surface area contributed by atoms with Crippen molar-refractivity contribution in [1.82, 2.24) is 5.43 Å². The quantitative estimate of drug-likeness (QED) is 0.485. The van der Waals surface area contributed by atoms with Gasteiger partial charge in [-0.2, -0.15) is 5.10 Å². The molecule has 2 aromatic rings. The molecule has 2 N–H and O–H groups in total. The minimum Gasteiger partial charge on any atom is -0.326 e. The van der Waals surface area contributed by atoms with E-state index < -0.39 is 0 Å². The van der Waals surface area contributed by atoms with Crippen molar-refractivity contribution in [2.24, 2.45) is 11.0 Å². The molecule has 2 aromatic carbocycles. The average molecular weight is 420 g/mol. The number of benzene rings is 2. The smallest absolute Gasteiger partial charge is 0.271 e. The summed E-state index contributed by atoms with van der Waals surface area (Å²) in [5.41, 5.74) is 6.80. The Kier molecular flexibility index (Phi) is 7.26. The van der Waals surface area contributed by atoms with E-state index >= 15 is 0 Å². The van der Waals surface area contributed by atoms with E-state index in [1.165, 1.54) is 12.0 Å². The summed E-state index contributed by atoms with van der Waals surface area (Å²) in [7, 11) is 0. The van der Waals surface area contributed by atoms with Crippen LogP contribution in [0.4, 0.5) is 5.69 Å². The molecule has 3 rings (SSSR count). The third-order valence-corrected chi connectivity index (χ3v) is 5.88. The van der Waals surface area contributed by atoms with Crippen LogP contribution in [-0.4, -0.2) is 17.5 Å². The normalized spacial score (nSPS) is 15.4. The van der Waals surface area contributed by atoms with E-state index in [1.807, 2.05) is 55.5 Å². The molecular weight excluding hydrogens is 386 g/mol. The molecule has 1 saturated carbocycles. The number of hydrazone groups is 1. The Morgan fingerprint density at radius 2 is 1.45 bits per heavy atom. The fraction of sp³-hybridized carbons (Fsp3) is 0.423. The number of amides is 2. The van der Waals surface area contributed by atoms with Crippen LogP contribution in [0.1, 0.15) is 81.3 Å². The van der Waals surface area contributed by atoms with Crippen LogP contribution in [-0.2, 0) is 10.2 Å². The van der Waals surface area contributed by atoms with Gasteiger partial charge in [0.15, 0.2) is 0 Å². The van der Waals surface area contributed by atoms with Gasteiger partial charge in [-0.3, -0.25) is 9.59 Å². The zero-order valence-electron chi connectivity index (χ0n) is 19.0. The lowest BCUT2D eigenvalue weighted by Gasteiger charge is -2.20. The Morgan fingerprint density at radius 3 is 2.03 bits per heavy atom. The van der Waals surface area contributed by atoms with E-state index in [-0.39, 0.29) is 23.1 Å². The SMILES string of the molecule is C/C(=N/NC(=O)c1ccc(C(C)(C)C)cc1)c1ccc(NC(=O)C2CCCCC2)cc1. The van der Waals surface area contributed by atoms with Crippen molar-refractivity contribution in [3.8, 4) is 0 Å². The highest BCUT2D eigenvalue weighted by atomic mass is 16.2. The standard InChI is InChI=1S/C26H33N3O2/c1-18(28-29-25(31)21-10-14-22(15-11-21)26(2,3)4)19-12-16-23(17-13-19)27-24(30)20-8-6-5-7-9-20/h10-17,20H,5-9H2,1-4H3,(H,27,30)(H,29,31)/b28-18-. The van der Waals surface area contributed by atoms with E-state index in [0.29, 0.717) is 11.3 Å². The number of nitrogens with one attached hydrogen (secondary N) is 2. The topological polar surface area (TPSA) is 70.6 Å². The molecule has 0 unspecified atom stereocenters. The predicted molar refractivity (Wildman–Crippen MR) is 126 cm³/mol. The molecule has 0 aromatic heterocycles. The molecule has 0 spiro atoms. The highest BCUT2D eigenvalue weighted by Gasteiger charge is 2.21. The summed E-state index contributed by atoms with van der Waals surface area (Å²) in [6, 6.07) is 15.2. The second-order valence-electron chi connectivity index (χ2n) is 9.37. The van der Waals surface area contributed by atoms with Crippen LogP contribution in [0.5, 0.6) is 0 Å². The van der Waals surface area contributed by atoms with Gasteiger partial charge in [0.1, 0.15) is 0 Å². The number of nitrogens with zero attached hydrogens (tertiary/aromatic N) is 1. The Balaban J connectivity index is 1.57. The van der Waals surface area contributed by atoms with Gasteiger partial charge in [0.05, 0.1) is 5.71 Å². The highest BCUT2D eigenvalue weighted by Crippen LogP contribution is 2.25. The molecule has 0 saturated heterocycles. The van der Waals surface area contributed by atoms with Gasteiger partial charge in [-0.05, 0) is 60.6 Å². The number of carbonyl (C=O) groups is 2. The first kappa shape index (κ1) is 22.7. The first-order chi connectivity index (χ1) is 14.7. The lowest BCUT2D eigenvalue weighted by molar-refractivity contribution is -0.120. The molecular formula is C26H33N3O2. The molecule has 164 valence electrons. The van der Waals surface area contributed by atoms with Gasteiger partial charge in [-0.15, -0.1) is 0 Å². The Bertz CT molecular complexity index is 932. The zero-order chi connectivity index (χ0) is 22.4. The van der Waals surface area contributed by atoms with E-state index in [1.54, 1.807) is 0 Å². The summed E-state index contributed by atoms with van der Waals surface area (Å²) in [5.74, 6) is 0.00292. The van der Waals surface area contributed by atoms with E-state index in [9.17, 15) is 9.59 Å². The van der Waals surface area contributed by atoms with Crippen LogP contribution < -0.4 is 10.7 Å². The third kappa shape index (κ3) is 6.27. The molecule has 0 aliphatic heterocycles. The second-order valence-corrected chi connectivity index (χ2v) is 9.37. The predicted octanol–water partition coefficient (Wildman–Crippen LogP) is 5.66. The van der Waals surface area contributed by atoms with Crippen molar-refractivity contribution in [3.05, 3.63) is 65.2 Å². The molecule has 0 atom stereocenters. The number of rotatable bonds is 5. The van der Waals surface area contributed by atoms with Crippen LogP contribution in [0.2, 0.25) is 0 Å². The van der Waals surface area contributed by atoms with Crippen molar-refractivity contribution < 1.29 is 9.59 Å². The number of carbonyl (C=O) groups excluding carboxylic acids is 2. The van der Waals surface area contributed by atoms with Gasteiger partial charge in [0.25, 0.3) is 5.91 Å². The maximum absolute atomic E-state index is 12.4. The number of hydrogen-bond acceptors (Lipinski definition) is 3. The van der Waals surface area contributed by atoms with Crippen molar-refractivity contribution >= 4 is 23.2 Å². The summed E-state index contributed by atoms with van der Waals surface area (Å²) in [6.45, 7) is 8.27. The molecule has 1 aliphatic carbocycles. The minimum absolute atomic E-state index is 0.0474. The summed E-state index contributed by atoms with van der Waals surface area (Å²) in [6.07, 6.45) is 5.47. The van der Waals surface area contributed by atoms with Crippen LogP contribution >= 0.6 is 0 Å². The van der Waals surface area contributed by atoms with Crippen molar-refractivity contribution in [1.29, 1.82) is 0 Å². The third-order valence-electron chi connectivity index (χ3n) is 5.88. The lowest BCUT2D eigenvalue weighted by atomic mass is 9.87. The summed E-state index contributed by atoms with van der Waals surface area (Å²) >= 11 is 0. The maximum atomic E-state index is 12.4. The molecule has 0 bridgehead atoms. The number of anilines is 1. The fourth-order valence-electron chi connectivity index (χ4n) is 3.79. The molecule has 1 fully saturated rings. The van der Waals surface area contributed by atoms with E-state index in [0.717, 1.165) is 36.9 Å². The molecule has 0 radical (unpaired) electrons. The molecule has 0 heterocycles. The molecule has 5 heteroatoms. The number of hydrogen-bond donors (Lipinski definition) is 2. The largest absolute Gasteiger partial charge is 0.326 e. The second kappa shape index (κ2) is 9.90. The van der Waals surface area contributed by atoms with Gasteiger partial charge < -0.3 is 5.32 Å². The summed E-state index contributed by atoms with van der Waals surface area (Å²) < 4.78 is 0. The first-order valence-corrected chi connectivity index (χ1v) is 11.1. The van der Waals surface area contributed by atoms with Crippen LogP contribution in [0.15, 0.2) is 53.6 Å². The molecule has 2 amide bonds. The van der Waals surface area contributed by atoms with Crippen LogP contribution in [0, 0.1) is 5.92 Å². The lowest BCUT2D eigenvalue weighted by Crippen LogP contribution is -2.24. The van der Waals surface area contributed by atoms with Gasteiger partial charge in [-0.25, -0.2) is 5.43 Å². The van der Waals surface area contributed by atoms with E-state index in [2.05, 4.69) is 36.6 Å². The first-order valence-electron chi connectivity index (χ1n) is 11.1. The Morgan fingerprint density at radius 1 is 0.871 bits per heavy atom. The minimum atomic E-state index is -0.240.